The maximum Gasteiger partial charge on any atom is 0.587 e. The summed E-state index contributed by atoms with van der Waals surface area (Å²) >= 11 is 0. The molecule has 0 N–H and O–H groups in total. The summed E-state index contributed by atoms with van der Waals surface area (Å²) in [7, 11) is -3.78. The Labute approximate surface area is 154 Å². The second kappa shape index (κ2) is 9.23. The molecule has 3 aromatic carbocycles. The predicted octanol–water partition coefficient (Wildman–Crippen LogP) is 5.90. The van der Waals surface area contributed by atoms with Gasteiger partial charge in [0.2, 0.25) is 0 Å². The predicted molar refractivity (Wildman–Crippen MR) is 102 cm³/mol. The molecular weight excluding hydrogens is 347 g/mol. The van der Waals surface area contributed by atoms with Gasteiger partial charge >= 0.3 is 7.82 Å². The highest BCUT2D eigenvalue weighted by atomic mass is 31.2. The summed E-state index contributed by atoms with van der Waals surface area (Å²) in [5.74, 6) is 0.879. The highest BCUT2D eigenvalue weighted by molar-refractivity contribution is 7.49. The number of phosphoric ester groups is 1. The maximum absolute atomic E-state index is 13.1. The van der Waals surface area contributed by atoms with Gasteiger partial charge < -0.3 is 9.05 Å². The van der Waals surface area contributed by atoms with E-state index in [-0.39, 0.29) is 6.61 Å². The SMILES string of the molecule is O=P(OCCCc1ccccc1)(Oc1ccccc1)Oc1ccccc1. The fraction of sp³-hybridized carbons (Fsp3) is 0.143. The molecule has 0 aromatic heterocycles. The van der Waals surface area contributed by atoms with Crippen molar-refractivity contribution in [3.8, 4) is 11.5 Å². The molecule has 0 bridgehead atoms. The topological polar surface area (TPSA) is 44.8 Å². The Morgan fingerprint density at radius 1 is 0.654 bits per heavy atom. The van der Waals surface area contributed by atoms with Crippen molar-refractivity contribution in [2.24, 2.45) is 0 Å². The van der Waals surface area contributed by atoms with Gasteiger partial charge in [-0.2, -0.15) is 0 Å². The van der Waals surface area contributed by atoms with Gasteiger partial charge in [0.15, 0.2) is 0 Å². The number of aryl methyl sites for hydroxylation is 1. The number of hydrogen-bond donors (Lipinski definition) is 0. The summed E-state index contributed by atoms with van der Waals surface area (Å²) < 4.78 is 29.8. The second-order valence-corrected chi connectivity index (χ2v) is 7.20. The lowest BCUT2D eigenvalue weighted by atomic mass is 10.1. The van der Waals surface area contributed by atoms with Gasteiger partial charge in [-0.15, -0.1) is 0 Å². The average Bonchev–Trinajstić information content (AvgIpc) is 2.68. The van der Waals surface area contributed by atoms with Gasteiger partial charge in [0, 0.05) is 0 Å². The van der Waals surface area contributed by atoms with E-state index in [0.717, 1.165) is 6.42 Å². The van der Waals surface area contributed by atoms with E-state index in [4.69, 9.17) is 13.6 Å². The van der Waals surface area contributed by atoms with E-state index in [1.54, 1.807) is 48.5 Å². The van der Waals surface area contributed by atoms with Crippen LogP contribution < -0.4 is 9.05 Å². The Morgan fingerprint density at radius 3 is 1.62 bits per heavy atom. The Balaban J connectivity index is 1.63. The highest BCUT2D eigenvalue weighted by Crippen LogP contribution is 2.49. The van der Waals surface area contributed by atoms with Crippen molar-refractivity contribution < 1.29 is 18.1 Å². The van der Waals surface area contributed by atoms with E-state index in [1.807, 2.05) is 30.3 Å². The molecule has 5 heteroatoms. The molecule has 0 aliphatic rings. The zero-order valence-corrected chi connectivity index (χ0v) is 15.3. The molecule has 3 rings (SSSR count). The van der Waals surface area contributed by atoms with Crippen LogP contribution in [-0.2, 0) is 15.5 Å². The summed E-state index contributed by atoms with van der Waals surface area (Å²) in [5, 5.41) is 0. The fourth-order valence-electron chi connectivity index (χ4n) is 2.39. The van der Waals surface area contributed by atoms with Crippen LogP contribution in [0.3, 0.4) is 0 Å². The minimum Gasteiger partial charge on any atom is -0.395 e. The molecular formula is C21H21O4P. The molecule has 0 aliphatic heterocycles. The minimum atomic E-state index is -3.78. The van der Waals surface area contributed by atoms with Crippen molar-refractivity contribution in [2.45, 2.75) is 12.8 Å². The Bertz CT molecular complexity index is 777. The average molecular weight is 368 g/mol. The highest BCUT2D eigenvalue weighted by Gasteiger charge is 2.30. The van der Waals surface area contributed by atoms with Crippen LogP contribution in [0.2, 0.25) is 0 Å². The van der Waals surface area contributed by atoms with Crippen LogP contribution in [-0.4, -0.2) is 6.61 Å². The molecule has 0 saturated carbocycles. The van der Waals surface area contributed by atoms with Crippen LogP contribution in [0.1, 0.15) is 12.0 Å². The molecule has 0 fully saturated rings. The summed E-state index contributed by atoms with van der Waals surface area (Å²) in [4.78, 5) is 0. The summed E-state index contributed by atoms with van der Waals surface area (Å²) in [6, 6.07) is 27.9. The van der Waals surface area contributed by atoms with E-state index < -0.39 is 7.82 Å². The van der Waals surface area contributed by atoms with Gasteiger partial charge in [-0.3, -0.25) is 4.52 Å². The summed E-state index contributed by atoms with van der Waals surface area (Å²) in [6.45, 7) is 0.270. The maximum atomic E-state index is 13.1. The first-order valence-corrected chi connectivity index (χ1v) is 9.97. The largest absolute Gasteiger partial charge is 0.587 e. The van der Waals surface area contributed by atoms with Gasteiger partial charge in [-0.1, -0.05) is 66.7 Å². The van der Waals surface area contributed by atoms with Crippen molar-refractivity contribution in [2.75, 3.05) is 6.61 Å². The van der Waals surface area contributed by atoms with E-state index >= 15 is 0 Å². The first-order chi connectivity index (χ1) is 12.7. The van der Waals surface area contributed by atoms with Gasteiger partial charge in [0.25, 0.3) is 0 Å². The zero-order chi connectivity index (χ0) is 18.1. The number of benzene rings is 3. The van der Waals surface area contributed by atoms with Crippen LogP contribution >= 0.6 is 7.82 Å². The van der Waals surface area contributed by atoms with Crippen molar-refractivity contribution in [3.05, 3.63) is 96.6 Å². The standard InChI is InChI=1S/C21H21O4P/c22-26(24-20-14-6-2-7-15-20,25-21-16-8-3-9-17-21)23-18-10-13-19-11-4-1-5-12-19/h1-9,11-12,14-17H,10,13,18H2. The lowest BCUT2D eigenvalue weighted by Gasteiger charge is -2.19. The van der Waals surface area contributed by atoms with Crippen LogP contribution in [0.25, 0.3) is 0 Å². The van der Waals surface area contributed by atoms with Crippen LogP contribution in [0, 0.1) is 0 Å². The number of hydrogen-bond acceptors (Lipinski definition) is 4. The molecule has 3 aromatic rings. The third-order valence-electron chi connectivity index (χ3n) is 3.62. The van der Waals surface area contributed by atoms with E-state index in [2.05, 4.69) is 12.1 Å². The van der Waals surface area contributed by atoms with Gasteiger partial charge in [0.1, 0.15) is 11.5 Å². The number of rotatable bonds is 9. The lowest BCUT2D eigenvalue weighted by Crippen LogP contribution is -2.06. The normalized spacial score (nSPS) is 11.1. The van der Waals surface area contributed by atoms with Crippen molar-refractivity contribution in [3.63, 3.8) is 0 Å². The van der Waals surface area contributed by atoms with Crippen molar-refractivity contribution in [1.29, 1.82) is 0 Å². The zero-order valence-electron chi connectivity index (χ0n) is 14.4. The Hall–Kier alpha value is -2.55. The number of phosphoric acid groups is 1. The Morgan fingerprint density at radius 2 is 1.12 bits per heavy atom. The third kappa shape index (κ3) is 5.76. The van der Waals surface area contributed by atoms with E-state index in [1.165, 1.54) is 5.56 Å². The van der Waals surface area contributed by atoms with Gasteiger partial charge in [-0.25, -0.2) is 4.57 Å². The van der Waals surface area contributed by atoms with Crippen molar-refractivity contribution in [1.82, 2.24) is 0 Å². The van der Waals surface area contributed by atoms with Gasteiger partial charge in [-0.05, 0) is 42.7 Å². The molecule has 0 aliphatic carbocycles. The van der Waals surface area contributed by atoms with Gasteiger partial charge in [0.05, 0.1) is 6.61 Å². The molecule has 0 heterocycles. The number of para-hydroxylation sites is 2. The molecule has 134 valence electrons. The lowest BCUT2D eigenvalue weighted by molar-refractivity contribution is 0.207. The first kappa shape index (κ1) is 18.2. The van der Waals surface area contributed by atoms with E-state index in [9.17, 15) is 4.57 Å². The molecule has 0 radical (unpaired) electrons. The van der Waals surface area contributed by atoms with Crippen molar-refractivity contribution >= 4 is 7.82 Å². The summed E-state index contributed by atoms with van der Waals surface area (Å²) in [5.41, 5.74) is 1.21. The molecule has 0 atom stereocenters. The summed E-state index contributed by atoms with van der Waals surface area (Å²) in [6.07, 6.45) is 1.54. The monoisotopic (exact) mass is 368 g/mol. The molecule has 0 saturated heterocycles. The molecule has 0 spiro atoms. The Kier molecular flexibility index (Phi) is 6.48. The quantitative estimate of drug-likeness (QED) is 0.348. The minimum absolute atomic E-state index is 0.270. The molecule has 4 nitrogen and oxygen atoms in total. The van der Waals surface area contributed by atoms with Crippen LogP contribution in [0.15, 0.2) is 91.0 Å². The molecule has 26 heavy (non-hydrogen) atoms. The first-order valence-electron chi connectivity index (χ1n) is 8.51. The fourth-order valence-corrected chi connectivity index (χ4v) is 3.64. The molecule has 0 amide bonds. The van der Waals surface area contributed by atoms with E-state index in [0.29, 0.717) is 17.9 Å². The second-order valence-electron chi connectivity index (χ2n) is 5.68. The third-order valence-corrected chi connectivity index (χ3v) is 4.99. The molecule has 0 unspecified atom stereocenters. The van der Waals surface area contributed by atoms with Crippen LogP contribution in [0.5, 0.6) is 11.5 Å². The smallest absolute Gasteiger partial charge is 0.395 e. The van der Waals surface area contributed by atoms with Crippen LogP contribution in [0.4, 0.5) is 0 Å².